The van der Waals surface area contributed by atoms with E-state index in [2.05, 4.69) is 10.6 Å². The fourth-order valence-electron chi connectivity index (χ4n) is 3.16. The number of amides is 3. The van der Waals surface area contributed by atoms with E-state index >= 15 is 0 Å². The zero-order valence-corrected chi connectivity index (χ0v) is 18.5. The van der Waals surface area contributed by atoms with Gasteiger partial charge >= 0.3 is 18.3 Å². The average Bonchev–Trinajstić information content (AvgIpc) is 2.73. The van der Waals surface area contributed by atoms with Crippen molar-refractivity contribution in [3.8, 4) is 0 Å². The molecule has 33 heavy (non-hydrogen) atoms. The Bertz CT molecular complexity index is 970. The van der Waals surface area contributed by atoms with Crippen molar-refractivity contribution >= 4 is 23.5 Å². The van der Waals surface area contributed by atoms with Crippen molar-refractivity contribution in [1.82, 2.24) is 4.90 Å². The number of nitrogens with one attached hydrogen (secondary N) is 2. The molecule has 1 aliphatic rings. The van der Waals surface area contributed by atoms with Gasteiger partial charge in [-0.05, 0) is 62.7 Å². The van der Waals surface area contributed by atoms with Gasteiger partial charge in [0.1, 0.15) is 11.7 Å². The maximum Gasteiger partial charge on any atom is 0.416 e. The van der Waals surface area contributed by atoms with Crippen molar-refractivity contribution in [2.75, 3.05) is 30.3 Å². The molecule has 0 bridgehead atoms. The molecule has 178 valence electrons. The van der Waals surface area contributed by atoms with Gasteiger partial charge in [0, 0.05) is 17.9 Å². The van der Waals surface area contributed by atoms with Gasteiger partial charge in [-0.1, -0.05) is 12.1 Å². The zero-order valence-electron chi connectivity index (χ0n) is 18.5. The number of morpholine rings is 1. The largest absolute Gasteiger partial charge is 0.444 e. The first-order chi connectivity index (χ1) is 15.4. The van der Waals surface area contributed by atoms with Crippen LogP contribution in [0, 0.1) is 0 Å². The minimum Gasteiger partial charge on any atom is -0.444 e. The third-order valence-electron chi connectivity index (χ3n) is 4.73. The first-order valence-corrected chi connectivity index (χ1v) is 10.4. The van der Waals surface area contributed by atoms with Crippen molar-refractivity contribution in [3.05, 3.63) is 59.7 Å². The number of alkyl halides is 3. The molecule has 2 N–H and O–H groups in total. The van der Waals surface area contributed by atoms with Crippen LogP contribution in [-0.2, 0) is 15.7 Å². The van der Waals surface area contributed by atoms with Gasteiger partial charge in [-0.3, -0.25) is 0 Å². The van der Waals surface area contributed by atoms with Gasteiger partial charge in [0.15, 0.2) is 0 Å². The summed E-state index contributed by atoms with van der Waals surface area (Å²) in [5.74, 6) is 0. The predicted molar refractivity (Wildman–Crippen MR) is 117 cm³/mol. The number of ether oxygens (including phenoxy) is 2. The topological polar surface area (TPSA) is 79.9 Å². The van der Waals surface area contributed by atoms with Crippen LogP contribution in [0.5, 0.6) is 0 Å². The van der Waals surface area contributed by atoms with Gasteiger partial charge in [0.2, 0.25) is 0 Å². The monoisotopic (exact) mass is 465 g/mol. The number of benzene rings is 2. The Kier molecular flexibility index (Phi) is 7.16. The molecule has 1 aliphatic heterocycles. The minimum absolute atomic E-state index is 0.231. The van der Waals surface area contributed by atoms with Crippen LogP contribution in [0.1, 0.15) is 38.0 Å². The molecule has 0 spiro atoms. The molecule has 1 atom stereocenters. The number of hydrogen-bond donors (Lipinski definition) is 2. The van der Waals surface area contributed by atoms with E-state index in [1.54, 1.807) is 29.2 Å². The van der Waals surface area contributed by atoms with E-state index in [0.717, 1.165) is 17.7 Å². The molecule has 2 aromatic carbocycles. The number of carbonyl (C=O) groups is 2. The molecule has 0 unspecified atom stereocenters. The first-order valence-electron chi connectivity index (χ1n) is 10.4. The van der Waals surface area contributed by atoms with E-state index < -0.39 is 29.5 Å². The number of carbonyl (C=O) groups excluding carboxylic acids is 2. The predicted octanol–water partition coefficient (Wildman–Crippen LogP) is 5.66. The molecule has 1 fully saturated rings. The zero-order chi connectivity index (χ0) is 24.2. The molecule has 1 heterocycles. The Hall–Kier alpha value is -3.27. The van der Waals surface area contributed by atoms with Crippen LogP contribution in [0.2, 0.25) is 0 Å². The summed E-state index contributed by atoms with van der Waals surface area (Å²) < 4.78 is 49.1. The Balaban J connectivity index is 1.55. The molecule has 2 aromatic rings. The Morgan fingerprint density at radius 1 is 0.970 bits per heavy atom. The van der Waals surface area contributed by atoms with E-state index in [0.29, 0.717) is 25.4 Å². The van der Waals surface area contributed by atoms with Crippen LogP contribution in [-0.4, -0.2) is 42.3 Å². The lowest BCUT2D eigenvalue weighted by Crippen LogP contribution is -2.44. The van der Waals surface area contributed by atoms with Crippen LogP contribution in [0.4, 0.5) is 34.1 Å². The molecular weight excluding hydrogens is 439 g/mol. The standard InChI is InChI=1S/C23H26F3N3O4/c1-22(2,3)33-21(31)29-12-13-32-19(14-29)15-4-8-17(9-5-15)27-20(30)28-18-10-6-16(7-11-18)23(24,25)26/h4-11,19H,12-14H2,1-3H3,(H2,27,28,30)/t19-/m0/s1. The van der Waals surface area contributed by atoms with Crippen molar-refractivity contribution < 1.29 is 32.2 Å². The number of hydrogen-bond acceptors (Lipinski definition) is 4. The molecule has 7 nitrogen and oxygen atoms in total. The lowest BCUT2D eigenvalue weighted by Gasteiger charge is -2.34. The minimum atomic E-state index is -4.44. The summed E-state index contributed by atoms with van der Waals surface area (Å²) in [6, 6.07) is 10.5. The molecule has 0 aliphatic carbocycles. The second kappa shape index (κ2) is 9.70. The molecule has 1 saturated heterocycles. The van der Waals surface area contributed by atoms with Gasteiger partial charge in [-0.15, -0.1) is 0 Å². The fourth-order valence-corrected chi connectivity index (χ4v) is 3.16. The van der Waals surface area contributed by atoms with Gasteiger partial charge < -0.3 is 25.0 Å². The lowest BCUT2D eigenvalue weighted by molar-refractivity contribution is -0.137. The van der Waals surface area contributed by atoms with E-state index in [4.69, 9.17) is 9.47 Å². The summed E-state index contributed by atoms with van der Waals surface area (Å²) in [6.45, 7) is 6.58. The van der Waals surface area contributed by atoms with Crippen molar-refractivity contribution in [2.45, 2.75) is 38.7 Å². The second-order valence-corrected chi connectivity index (χ2v) is 8.56. The summed E-state index contributed by atoms with van der Waals surface area (Å²) >= 11 is 0. The third kappa shape index (κ3) is 7.11. The van der Waals surface area contributed by atoms with Crippen molar-refractivity contribution in [3.63, 3.8) is 0 Å². The molecular formula is C23H26F3N3O4. The van der Waals surface area contributed by atoms with Gasteiger partial charge in [0.25, 0.3) is 0 Å². The smallest absolute Gasteiger partial charge is 0.416 e. The maximum absolute atomic E-state index is 12.6. The van der Waals surface area contributed by atoms with Crippen LogP contribution in [0.15, 0.2) is 48.5 Å². The normalized spacial score (nSPS) is 16.8. The van der Waals surface area contributed by atoms with Gasteiger partial charge in [0.05, 0.1) is 18.7 Å². The number of rotatable bonds is 3. The SMILES string of the molecule is CC(C)(C)OC(=O)N1CCO[C@H](c2ccc(NC(=O)Nc3ccc(C(F)(F)F)cc3)cc2)C1. The van der Waals surface area contributed by atoms with E-state index in [1.807, 2.05) is 20.8 Å². The van der Waals surface area contributed by atoms with Crippen LogP contribution >= 0.6 is 0 Å². The van der Waals surface area contributed by atoms with Crippen LogP contribution in [0.25, 0.3) is 0 Å². The van der Waals surface area contributed by atoms with Gasteiger partial charge in [-0.2, -0.15) is 13.2 Å². The summed E-state index contributed by atoms with van der Waals surface area (Å²) in [6.07, 6.45) is -5.16. The van der Waals surface area contributed by atoms with Crippen molar-refractivity contribution in [2.24, 2.45) is 0 Å². The van der Waals surface area contributed by atoms with Crippen LogP contribution in [0.3, 0.4) is 0 Å². The third-order valence-corrected chi connectivity index (χ3v) is 4.73. The quantitative estimate of drug-likeness (QED) is 0.613. The van der Waals surface area contributed by atoms with E-state index in [1.165, 1.54) is 12.1 Å². The highest BCUT2D eigenvalue weighted by molar-refractivity contribution is 5.99. The summed E-state index contributed by atoms with van der Waals surface area (Å²) in [7, 11) is 0. The highest BCUT2D eigenvalue weighted by Gasteiger charge is 2.30. The average molecular weight is 465 g/mol. The molecule has 3 rings (SSSR count). The maximum atomic E-state index is 12.6. The van der Waals surface area contributed by atoms with E-state index in [-0.39, 0.29) is 11.8 Å². The Morgan fingerprint density at radius 2 is 1.52 bits per heavy atom. The number of anilines is 2. The number of halogens is 3. The second-order valence-electron chi connectivity index (χ2n) is 8.56. The number of urea groups is 1. The van der Waals surface area contributed by atoms with Crippen LogP contribution < -0.4 is 10.6 Å². The van der Waals surface area contributed by atoms with Gasteiger partial charge in [-0.25, -0.2) is 9.59 Å². The molecule has 0 saturated carbocycles. The molecule has 3 amide bonds. The Morgan fingerprint density at radius 3 is 2.03 bits per heavy atom. The number of nitrogens with zero attached hydrogens (tertiary/aromatic N) is 1. The van der Waals surface area contributed by atoms with Crippen molar-refractivity contribution in [1.29, 1.82) is 0 Å². The highest BCUT2D eigenvalue weighted by Crippen LogP contribution is 2.30. The molecule has 0 aromatic heterocycles. The fraction of sp³-hybridized carbons (Fsp3) is 0.391. The highest BCUT2D eigenvalue weighted by atomic mass is 19.4. The first kappa shape index (κ1) is 24.4. The summed E-state index contributed by atoms with van der Waals surface area (Å²) in [4.78, 5) is 26.1. The molecule has 0 radical (unpaired) electrons. The Labute approximate surface area is 189 Å². The molecule has 10 heteroatoms. The summed E-state index contributed by atoms with van der Waals surface area (Å²) in [5, 5.41) is 5.10. The lowest BCUT2D eigenvalue weighted by atomic mass is 10.1. The van der Waals surface area contributed by atoms with E-state index in [9.17, 15) is 22.8 Å². The summed E-state index contributed by atoms with van der Waals surface area (Å²) in [5.41, 5.74) is 0.174.